The Morgan fingerprint density at radius 3 is 1.42 bits per heavy atom. The lowest BCUT2D eigenvalue weighted by atomic mass is 9.96. The zero-order valence-electron chi connectivity index (χ0n) is 47.2. The molecule has 0 saturated heterocycles. The second-order valence-corrected chi connectivity index (χ2v) is 22.1. The normalized spacial score (nSPS) is 15.6. The van der Waals surface area contributed by atoms with Gasteiger partial charge in [0.2, 0.25) is 53.2 Å². The van der Waals surface area contributed by atoms with Crippen molar-refractivity contribution in [1.29, 1.82) is 0 Å². The fourth-order valence-corrected chi connectivity index (χ4v) is 8.32. The van der Waals surface area contributed by atoms with Crippen LogP contribution in [-0.4, -0.2) is 159 Å². The SMILES string of the molecule is CC[C@H](C)[C@H](NC(=O)[C@H](CCC(=O)O)NC(=O)[C@H](CC(C)C)NC(=O)[C@@H](NC(=O)[C@H](CO)NC(=O)[C@H](CC(C)C)NC(=O)[C@@H](N)CCSC)C(C)C)C(=O)N[C@@H](Cc1ccccc1)C(=O)N[C@@H](C)C(=O)N[C@H](C(=O)O)C(C)C. The van der Waals surface area contributed by atoms with Crippen LogP contribution in [0.25, 0.3) is 0 Å². The third-order valence-corrected chi connectivity index (χ3v) is 13.3. The van der Waals surface area contributed by atoms with Gasteiger partial charge in [-0.2, -0.15) is 11.8 Å². The Morgan fingerprint density at radius 2 is 0.949 bits per heavy atom. The second kappa shape index (κ2) is 35.2. The number of aliphatic carboxylic acids is 2. The van der Waals surface area contributed by atoms with Crippen molar-refractivity contribution in [3.05, 3.63) is 35.9 Å². The molecule has 0 bridgehead atoms. The van der Waals surface area contributed by atoms with Gasteiger partial charge in [-0.25, -0.2) is 4.79 Å². The predicted molar refractivity (Wildman–Crippen MR) is 294 cm³/mol. The lowest BCUT2D eigenvalue weighted by Gasteiger charge is -2.30. The first-order valence-corrected chi connectivity index (χ1v) is 27.9. The van der Waals surface area contributed by atoms with Gasteiger partial charge in [-0.3, -0.25) is 47.9 Å². The summed E-state index contributed by atoms with van der Waals surface area (Å²) in [6, 6.07) is -4.52. The minimum atomic E-state index is -1.59. The Balaban J connectivity index is 3.46. The number of carboxylic acid groups (broad SMARTS) is 2. The third-order valence-electron chi connectivity index (χ3n) is 12.7. The van der Waals surface area contributed by atoms with E-state index in [9.17, 15) is 68.1 Å². The second-order valence-electron chi connectivity index (χ2n) is 21.2. The number of hydrogen-bond acceptors (Lipinski definition) is 14. The van der Waals surface area contributed by atoms with Crippen molar-refractivity contribution in [2.75, 3.05) is 18.6 Å². The number of carbonyl (C=O) groups excluding carboxylic acids is 9. The molecule has 0 spiro atoms. The third kappa shape index (κ3) is 25.0. The number of carboxylic acids is 2. The first-order valence-electron chi connectivity index (χ1n) is 26.5. The van der Waals surface area contributed by atoms with E-state index in [0.29, 0.717) is 24.2 Å². The molecule has 440 valence electrons. The Kier molecular flexibility index (Phi) is 31.5. The Hall–Kier alpha value is -6.34. The Bertz CT molecular complexity index is 2170. The van der Waals surface area contributed by atoms with Gasteiger partial charge in [0, 0.05) is 12.8 Å². The van der Waals surface area contributed by atoms with E-state index >= 15 is 0 Å². The summed E-state index contributed by atoms with van der Waals surface area (Å²) in [6.45, 7) is 17.4. The predicted octanol–water partition coefficient (Wildman–Crippen LogP) is 0.0846. The van der Waals surface area contributed by atoms with Gasteiger partial charge in [-0.05, 0) is 79.8 Å². The van der Waals surface area contributed by atoms with Crippen LogP contribution in [0, 0.1) is 29.6 Å². The molecule has 11 atom stereocenters. The minimum absolute atomic E-state index is 0.0102. The van der Waals surface area contributed by atoms with E-state index in [1.54, 1.807) is 85.7 Å². The summed E-state index contributed by atoms with van der Waals surface area (Å²) < 4.78 is 0. The Labute approximate surface area is 462 Å². The van der Waals surface area contributed by atoms with E-state index in [0.717, 1.165) is 0 Å². The van der Waals surface area contributed by atoms with Crippen LogP contribution in [0.5, 0.6) is 0 Å². The first kappa shape index (κ1) is 69.7. The molecule has 0 aliphatic rings. The summed E-state index contributed by atoms with van der Waals surface area (Å²) in [5.41, 5.74) is 6.63. The van der Waals surface area contributed by atoms with Gasteiger partial charge in [0.1, 0.15) is 54.4 Å². The van der Waals surface area contributed by atoms with Crippen molar-refractivity contribution in [1.82, 2.24) is 47.9 Å². The van der Waals surface area contributed by atoms with E-state index in [2.05, 4.69) is 47.9 Å². The maximum Gasteiger partial charge on any atom is 0.326 e. The molecule has 25 heteroatoms. The number of benzene rings is 1. The first-order chi connectivity index (χ1) is 36.5. The molecular formula is C53H88N10O14S. The van der Waals surface area contributed by atoms with Crippen LogP contribution in [0.4, 0.5) is 0 Å². The lowest BCUT2D eigenvalue weighted by Crippen LogP contribution is -2.62. The molecule has 0 saturated carbocycles. The number of carbonyl (C=O) groups is 11. The Morgan fingerprint density at radius 1 is 0.513 bits per heavy atom. The van der Waals surface area contributed by atoms with Crippen LogP contribution >= 0.6 is 11.8 Å². The van der Waals surface area contributed by atoms with E-state index in [4.69, 9.17) is 5.73 Å². The van der Waals surface area contributed by atoms with Crippen LogP contribution in [-0.2, 0) is 59.2 Å². The van der Waals surface area contributed by atoms with E-state index in [-0.39, 0.29) is 31.1 Å². The van der Waals surface area contributed by atoms with Crippen molar-refractivity contribution in [2.24, 2.45) is 35.3 Å². The number of amides is 9. The highest BCUT2D eigenvalue weighted by Gasteiger charge is 2.37. The van der Waals surface area contributed by atoms with Crippen molar-refractivity contribution in [3.63, 3.8) is 0 Å². The minimum Gasteiger partial charge on any atom is -0.481 e. The fourth-order valence-electron chi connectivity index (χ4n) is 7.83. The average molecular weight is 1120 g/mol. The quantitative estimate of drug-likeness (QED) is 0.0423. The maximum absolute atomic E-state index is 14.3. The smallest absolute Gasteiger partial charge is 0.326 e. The number of nitrogens with two attached hydrogens (primary N) is 1. The maximum atomic E-state index is 14.3. The van der Waals surface area contributed by atoms with Gasteiger partial charge in [-0.15, -0.1) is 0 Å². The van der Waals surface area contributed by atoms with Gasteiger partial charge in [0.05, 0.1) is 12.6 Å². The molecule has 78 heavy (non-hydrogen) atoms. The van der Waals surface area contributed by atoms with Crippen molar-refractivity contribution in [3.8, 4) is 0 Å². The number of hydrogen-bond donors (Lipinski definition) is 13. The van der Waals surface area contributed by atoms with E-state index in [1.807, 2.05) is 20.1 Å². The highest BCUT2D eigenvalue weighted by molar-refractivity contribution is 7.98. The van der Waals surface area contributed by atoms with E-state index in [1.165, 1.54) is 18.7 Å². The van der Waals surface area contributed by atoms with Gasteiger partial charge in [0.25, 0.3) is 0 Å². The van der Waals surface area contributed by atoms with Crippen molar-refractivity contribution < 1.29 is 68.1 Å². The number of thioether (sulfide) groups is 1. The monoisotopic (exact) mass is 1120 g/mol. The molecule has 0 aromatic heterocycles. The van der Waals surface area contributed by atoms with Crippen molar-refractivity contribution >= 4 is 76.9 Å². The van der Waals surface area contributed by atoms with Crippen LogP contribution < -0.4 is 53.6 Å². The van der Waals surface area contributed by atoms with E-state index < -0.39 is 163 Å². The van der Waals surface area contributed by atoms with Gasteiger partial charge < -0.3 is 68.9 Å². The van der Waals surface area contributed by atoms with Gasteiger partial charge in [-0.1, -0.05) is 106 Å². The molecule has 1 aromatic rings. The molecule has 0 aliphatic carbocycles. The molecule has 9 amide bonds. The number of nitrogens with one attached hydrogen (secondary N) is 9. The zero-order valence-corrected chi connectivity index (χ0v) is 48.0. The van der Waals surface area contributed by atoms with Gasteiger partial charge >= 0.3 is 11.9 Å². The van der Waals surface area contributed by atoms with Crippen LogP contribution in [0.1, 0.15) is 120 Å². The summed E-state index contributed by atoms with van der Waals surface area (Å²) in [6.07, 6.45) is 1.53. The number of aliphatic hydroxyl groups is 1. The van der Waals surface area contributed by atoms with Crippen LogP contribution in [0.15, 0.2) is 30.3 Å². The number of aliphatic hydroxyl groups excluding tert-OH is 1. The standard InChI is InChI=1S/C53H88N10O14S/c1-13-31(10)43(52(75)59-38(25-33-17-15-14-16-18-33)47(70)55-32(11)44(67)62-42(30(8)9)53(76)77)63-46(69)35(19-20-40(65)66)56-48(71)37(24-28(4)5)58-51(74)41(29(6)7)61-50(73)39(26-64)60-49(72)36(23-27(2)3)57-45(68)34(54)21-22-78-12/h14-18,27-32,34-39,41-43,64H,13,19-26,54H2,1-12H3,(H,55,70)(H,56,71)(H,57,68)(H,58,74)(H,59,75)(H,60,72)(H,61,73)(H,62,67)(H,63,69)(H,65,66)(H,76,77)/t31-,32-,34-,35-,36-,37-,38-,39-,41-,42-,43-/m0/s1. The summed E-state index contributed by atoms with van der Waals surface area (Å²) >= 11 is 1.50. The summed E-state index contributed by atoms with van der Waals surface area (Å²) in [4.78, 5) is 147. The molecule has 1 aromatic carbocycles. The molecule has 0 radical (unpaired) electrons. The topological polar surface area (TPSA) is 383 Å². The summed E-state index contributed by atoms with van der Waals surface area (Å²) in [5, 5.41) is 52.5. The molecule has 0 heterocycles. The zero-order chi connectivity index (χ0) is 59.6. The van der Waals surface area contributed by atoms with Crippen LogP contribution in [0.2, 0.25) is 0 Å². The molecule has 1 rings (SSSR count). The molecular weight excluding hydrogens is 1030 g/mol. The largest absolute Gasteiger partial charge is 0.481 e. The molecule has 0 aliphatic heterocycles. The fraction of sp³-hybridized carbons (Fsp3) is 0.679. The van der Waals surface area contributed by atoms with Crippen molar-refractivity contribution in [2.45, 2.75) is 182 Å². The molecule has 0 unspecified atom stereocenters. The van der Waals surface area contributed by atoms with Gasteiger partial charge in [0.15, 0.2) is 0 Å². The summed E-state index contributed by atoms with van der Waals surface area (Å²) in [7, 11) is 0. The average Bonchev–Trinajstić information content (AvgIpc) is 3.36. The highest BCUT2D eigenvalue weighted by Crippen LogP contribution is 2.15. The lowest BCUT2D eigenvalue weighted by molar-refractivity contribution is -0.143. The molecule has 24 nitrogen and oxygen atoms in total. The molecule has 14 N–H and O–H groups in total. The van der Waals surface area contributed by atoms with Crippen LogP contribution in [0.3, 0.4) is 0 Å². The summed E-state index contributed by atoms with van der Waals surface area (Å²) in [5.74, 6) is -11.5. The molecule has 0 fully saturated rings. The number of rotatable bonds is 36. The highest BCUT2D eigenvalue weighted by atomic mass is 32.2.